The van der Waals surface area contributed by atoms with Crippen LogP contribution in [0.1, 0.15) is 18.7 Å². The van der Waals surface area contributed by atoms with Crippen molar-refractivity contribution in [1.29, 1.82) is 0 Å². The second kappa shape index (κ2) is 5.88. The number of hydrogen-bond donors (Lipinski definition) is 1. The van der Waals surface area contributed by atoms with Crippen molar-refractivity contribution in [2.45, 2.75) is 26.4 Å². The minimum absolute atomic E-state index is 0.00540. The monoisotopic (exact) mass is 228 g/mol. The predicted molar refractivity (Wildman–Crippen MR) is 60.2 cm³/mol. The molecule has 1 aromatic heterocycles. The molecule has 0 fully saturated rings. The fraction of sp³-hybridized carbons (Fsp3) is 0.545. The van der Waals surface area contributed by atoms with Gasteiger partial charge >= 0.3 is 5.97 Å². The molecule has 4 heteroatoms. The maximum atomic E-state index is 10.8. The number of carboxylic acid groups (broad SMARTS) is 1. The van der Waals surface area contributed by atoms with Gasteiger partial charge in [0.1, 0.15) is 0 Å². The molecule has 0 aliphatic rings. The summed E-state index contributed by atoms with van der Waals surface area (Å²) in [6, 6.07) is 4.01. The van der Waals surface area contributed by atoms with Gasteiger partial charge < -0.3 is 9.84 Å². The van der Waals surface area contributed by atoms with E-state index >= 15 is 0 Å². The SMILES string of the molecule is CC(C)C(OCCc1cccs1)C(=O)O. The van der Waals surface area contributed by atoms with Crippen molar-refractivity contribution >= 4 is 17.3 Å². The first kappa shape index (κ1) is 12.2. The van der Waals surface area contributed by atoms with E-state index in [1.54, 1.807) is 11.3 Å². The third kappa shape index (κ3) is 4.01. The van der Waals surface area contributed by atoms with E-state index in [-0.39, 0.29) is 5.92 Å². The van der Waals surface area contributed by atoms with Gasteiger partial charge in [-0.05, 0) is 17.4 Å². The Morgan fingerprint density at radius 1 is 1.60 bits per heavy atom. The van der Waals surface area contributed by atoms with Gasteiger partial charge in [-0.1, -0.05) is 19.9 Å². The smallest absolute Gasteiger partial charge is 0.333 e. The summed E-state index contributed by atoms with van der Waals surface area (Å²) in [6.07, 6.45) is 0.0960. The molecular weight excluding hydrogens is 212 g/mol. The van der Waals surface area contributed by atoms with Crippen molar-refractivity contribution < 1.29 is 14.6 Å². The van der Waals surface area contributed by atoms with Crippen LogP contribution in [0.5, 0.6) is 0 Å². The highest BCUT2D eigenvalue weighted by atomic mass is 32.1. The summed E-state index contributed by atoms with van der Waals surface area (Å²) in [5.74, 6) is -0.873. The molecule has 1 aromatic rings. The fourth-order valence-corrected chi connectivity index (χ4v) is 1.98. The van der Waals surface area contributed by atoms with E-state index in [0.717, 1.165) is 6.42 Å². The maximum Gasteiger partial charge on any atom is 0.333 e. The van der Waals surface area contributed by atoms with E-state index in [4.69, 9.17) is 9.84 Å². The van der Waals surface area contributed by atoms with E-state index in [1.165, 1.54) is 4.88 Å². The lowest BCUT2D eigenvalue weighted by molar-refractivity contribution is -0.153. The Bertz CT molecular complexity index is 293. The molecule has 0 aromatic carbocycles. The van der Waals surface area contributed by atoms with Crippen LogP contribution in [-0.2, 0) is 16.0 Å². The fourth-order valence-electron chi connectivity index (χ4n) is 1.29. The molecule has 1 heterocycles. The number of carboxylic acids is 1. The molecule has 3 nitrogen and oxygen atoms in total. The second-order valence-electron chi connectivity index (χ2n) is 3.70. The number of hydrogen-bond acceptors (Lipinski definition) is 3. The van der Waals surface area contributed by atoms with Crippen LogP contribution in [0, 0.1) is 5.92 Å². The Kier molecular flexibility index (Phi) is 4.78. The summed E-state index contributed by atoms with van der Waals surface area (Å²) in [6.45, 7) is 4.17. The van der Waals surface area contributed by atoms with Gasteiger partial charge in [0.25, 0.3) is 0 Å². The Labute approximate surface area is 93.7 Å². The first-order valence-corrected chi connectivity index (χ1v) is 5.86. The largest absolute Gasteiger partial charge is 0.479 e. The molecule has 0 spiro atoms. The predicted octanol–water partition coefficient (Wildman–Crippen LogP) is 2.42. The highest BCUT2D eigenvalue weighted by Crippen LogP contribution is 2.11. The van der Waals surface area contributed by atoms with Crippen LogP contribution < -0.4 is 0 Å². The molecule has 0 radical (unpaired) electrons. The van der Waals surface area contributed by atoms with Crippen LogP contribution in [-0.4, -0.2) is 23.8 Å². The lowest BCUT2D eigenvalue weighted by Gasteiger charge is -2.16. The number of aliphatic carboxylic acids is 1. The van der Waals surface area contributed by atoms with Crippen molar-refractivity contribution in [3.05, 3.63) is 22.4 Å². The molecule has 1 N–H and O–H groups in total. The average molecular weight is 228 g/mol. The van der Waals surface area contributed by atoms with Crippen LogP contribution in [0.25, 0.3) is 0 Å². The minimum Gasteiger partial charge on any atom is -0.479 e. The van der Waals surface area contributed by atoms with Crippen LogP contribution in [0.15, 0.2) is 17.5 Å². The maximum absolute atomic E-state index is 10.8. The minimum atomic E-state index is -0.879. The van der Waals surface area contributed by atoms with Crippen molar-refractivity contribution in [2.24, 2.45) is 5.92 Å². The summed E-state index contributed by atoms with van der Waals surface area (Å²) < 4.78 is 5.35. The third-order valence-electron chi connectivity index (χ3n) is 2.07. The van der Waals surface area contributed by atoms with E-state index < -0.39 is 12.1 Å². The van der Waals surface area contributed by atoms with E-state index in [0.29, 0.717) is 6.61 Å². The molecular formula is C11H16O3S. The zero-order valence-electron chi connectivity index (χ0n) is 8.97. The van der Waals surface area contributed by atoms with Crippen LogP contribution in [0.2, 0.25) is 0 Å². The highest BCUT2D eigenvalue weighted by Gasteiger charge is 2.21. The van der Waals surface area contributed by atoms with E-state index in [2.05, 4.69) is 0 Å². The lowest BCUT2D eigenvalue weighted by atomic mass is 10.1. The normalized spacial score (nSPS) is 13.0. The first-order chi connectivity index (χ1) is 7.11. The Hall–Kier alpha value is -0.870. The zero-order chi connectivity index (χ0) is 11.3. The molecule has 0 saturated carbocycles. The first-order valence-electron chi connectivity index (χ1n) is 4.98. The van der Waals surface area contributed by atoms with Crippen molar-refractivity contribution in [2.75, 3.05) is 6.61 Å². The van der Waals surface area contributed by atoms with Crippen LogP contribution >= 0.6 is 11.3 Å². The average Bonchev–Trinajstić information content (AvgIpc) is 2.63. The van der Waals surface area contributed by atoms with Crippen molar-refractivity contribution in [1.82, 2.24) is 0 Å². The number of carbonyl (C=O) groups is 1. The quantitative estimate of drug-likeness (QED) is 0.813. The lowest BCUT2D eigenvalue weighted by Crippen LogP contribution is -2.30. The molecule has 1 atom stereocenters. The summed E-state index contributed by atoms with van der Waals surface area (Å²) in [4.78, 5) is 12.0. The zero-order valence-corrected chi connectivity index (χ0v) is 9.79. The number of ether oxygens (including phenoxy) is 1. The molecule has 0 bridgehead atoms. The van der Waals surface area contributed by atoms with Gasteiger partial charge in [0.05, 0.1) is 6.61 Å². The summed E-state index contributed by atoms with van der Waals surface area (Å²) in [5, 5.41) is 10.9. The topological polar surface area (TPSA) is 46.5 Å². The number of thiophene rings is 1. The van der Waals surface area contributed by atoms with Gasteiger partial charge in [-0.25, -0.2) is 4.79 Å². The Morgan fingerprint density at radius 2 is 2.33 bits per heavy atom. The highest BCUT2D eigenvalue weighted by molar-refractivity contribution is 7.09. The summed E-state index contributed by atoms with van der Waals surface area (Å²) in [5.41, 5.74) is 0. The molecule has 0 aliphatic carbocycles. The van der Waals surface area contributed by atoms with Crippen molar-refractivity contribution in [3.8, 4) is 0 Å². The standard InChI is InChI=1S/C11H16O3S/c1-8(2)10(11(12)13)14-6-5-9-4-3-7-15-9/h3-4,7-8,10H,5-6H2,1-2H3,(H,12,13). The summed E-state index contributed by atoms with van der Waals surface area (Å²) >= 11 is 1.66. The van der Waals surface area contributed by atoms with Gasteiger partial charge in [-0.15, -0.1) is 11.3 Å². The molecule has 1 unspecified atom stereocenters. The molecule has 0 amide bonds. The van der Waals surface area contributed by atoms with E-state index in [9.17, 15) is 4.79 Å². The van der Waals surface area contributed by atoms with Gasteiger partial charge in [-0.3, -0.25) is 0 Å². The molecule has 0 saturated heterocycles. The van der Waals surface area contributed by atoms with Gasteiger partial charge in [0.15, 0.2) is 6.10 Å². The van der Waals surface area contributed by atoms with Crippen LogP contribution in [0.3, 0.4) is 0 Å². The van der Waals surface area contributed by atoms with Gasteiger partial charge in [-0.2, -0.15) is 0 Å². The van der Waals surface area contributed by atoms with Crippen LogP contribution in [0.4, 0.5) is 0 Å². The molecule has 0 aliphatic heterocycles. The number of rotatable bonds is 6. The Balaban J connectivity index is 2.31. The van der Waals surface area contributed by atoms with Crippen molar-refractivity contribution in [3.63, 3.8) is 0 Å². The molecule has 1 rings (SSSR count). The molecule has 15 heavy (non-hydrogen) atoms. The summed E-state index contributed by atoms with van der Waals surface area (Å²) in [7, 11) is 0. The Morgan fingerprint density at radius 3 is 2.80 bits per heavy atom. The van der Waals surface area contributed by atoms with Gasteiger partial charge in [0, 0.05) is 11.3 Å². The molecule has 84 valence electrons. The second-order valence-corrected chi connectivity index (χ2v) is 4.74. The van der Waals surface area contributed by atoms with Gasteiger partial charge in [0.2, 0.25) is 0 Å². The third-order valence-corrected chi connectivity index (χ3v) is 3.01. The van der Waals surface area contributed by atoms with E-state index in [1.807, 2.05) is 31.4 Å².